The number of halogens is 1. The third-order valence-corrected chi connectivity index (χ3v) is 9.70. The Morgan fingerprint density at radius 2 is 1.82 bits per heavy atom. The number of rotatable bonds is 7. The highest BCUT2D eigenvalue weighted by Crippen LogP contribution is 2.39. The minimum atomic E-state index is -3.81. The van der Waals surface area contributed by atoms with E-state index in [-0.39, 0.29) is 27.9 Å². The molecule has 3 heterocycles. The Kier molecular flexibility index (Phi) is 6.55. The van der Waals surface area contributed by atoms with Gasteiger partial charge in [-0.1, -0.05) is 18.2 Å². The average molecular weight is 550 g/mol. The van der Waals surface area contributed by atoms with Crippen LogP contribution in [-0.2, 0) is 15.6 Å². The van der Waals surface area contributed by atoms with Gasteiger partial charge in [0, 0.05) is 48.1 Å². The monoisotopic (exact) mass is 549 g/mol. The highest BCUT2D eigenvalue weighted by molar-refractivity contribution is 7.90. The molecule has 6 rings (SSSR count). The maximum atomic E-state index is 16.1. The summed E-state index contributed by atoms with van der Waals surface area (Å²) in [6.45, 7) is 3.83. The Labute approximate surface area is 227 Å². The van der Waals surface area contributed by atoms with Crippen molar-refractivity contribution in [3.63, 3.8) is 0 Å². The molecule has 0 spiro atoms. The fraction of sp³-hybridized carbons (Fsp3) is 0.379. The number of methoxy groups -OCH3 is 1. The van der Waals surface area contributed by atoms with Crippen LogP contribution in [-0.4, -0.2) is 54.1 Å². The Morgan fingerprint density at radius 1 is 1.05 bits per heavy atom. The summed E-state index contributed by atoms with van der Waals surface area (Å²) < 4.78 is 49.9. The normalized spacial score (nSPS) is 17.1. The van der Waals surface area contributed by atoms with E-state index in [9.17, 15) is 8.42 Å². The van der Waals surface area contributed by atoms with Gasteiger partial charge in [-0.2, -0.15) is 0 Å². The van der Waals surface area contributed by atoms with Crippen molar-refractivity contribution in [1.29, 1.82) is 0 Å². The zero-order valence-electron chi connectivity index (χ0n) is 22.1. The van der Waals surface area contributed by atoms with Gasteiger partial charge in [0.15, 0.2) is 9.84 Å². The predicted octanol–water partition coefficient (Wildman–Crippen LogP) is 4.91. The number of piperidine rings is 1. The molecule has 2 N–H and O–H groups in total. The molecule has 39 heavy (non-hydrogen) atoms. The lowest BCUT2D eigenvalue weighted by molar-refractivity contribution is 0.180. The van der Waals surface area contributed by atoms with E-state index in [0.717, 1.165) is 32.0 Å². The van der Waals surface area contributed by atoms with E-state index in [1.165, 1.54) is 38.4 Å². The molecular formula is C29H32FN5O3S. The number of aryl methyl sites for hydroxylation is 1. The molecule has 2 aromatic carbocycles. The molecule has 1 saturated heterocycles. The van der Waals surface area contributed by atoms with Crippen LogP contribution in [0, 0.1) is 12.7 Å². The molecule has 8 nitrogen and oxygen atoms in total. The van der Waals surface area contributed by atoms with E-state index in [4.69, 9.17) is 10.5 Å². The number of nitrogen functional groups attached to an aromatic ring is 1. The standard InChI is InChI=1S/C29H32FN5O3S/c1-18-14-22(8-9-25(18)38-2)39(36,37)16-19-4-3-5-23(27(19)30)24-15-35(29-26(24)28(31)32-17-33-29)21-10-12-34(13-11-21)20-6-7-20/h3-5,8-9,14-15,17,20-21H,6-7,10-13,16H2,1-2H3,(H2,31,32,33). The topological polar surface area (TPSA) is 103 Å². The molecule has 10 heteroatoms. The molecule has 0 bridgehead atoms. The fourth-order valence-corrected chi connectivity index (χ4v) is 7.22. The van der Waals surface area contributed by atoms with Crippen LogP contribution in [0.25, 0.3) is 22.2 Å². The number of fused-ring (bicyclic) bond motifs is 1. The second kappa shape index (κ2) is 9.91. The van der Waals surface area contributed by atoms with Crippen LogP contribution in [0.2, 0.25) is 0 Å². The van der Waals surface area contributed by atoms with Crippen LogP contribution in [0.4, 0.5) is 10.2 Å². The molecule has 204 valence electrons. The molecule has 2 fully saturated rings. The van der Waals surface area contributed by atoms with Crippen molar-refractivity contribution in [2.24, 2.45) is 0 Å². The van der Waals surface area contributed by atoms with Crippen LogP contribution in [0.1, 0.15) is 42.9 Å². The number of ether oxygens (including phenoxy) is 1. The third-order valence-electron chi connectivity index (χ3n) is 8.03. The Balaban J connectivity index is 1.36. The molecule has 4 aromatic rings. The fourth-order valence-electron chi connectivity index (χ4n) is 5.79. The predicted molar refractivity (Wildman–Crippen MR) is 149 cm³/mol. The Morgan fingerprint density at radius 3 is 2.51 bits per heavy atom. The van der Waals surface area contributed by atoms with Gasteiger partial charge in [-0.05, 0) is 56.4 Å². The zero-order chi connectivity index (χ0) is 27.3. The van der Waals surface area contributed by atoms with Gasteiger partial charge in [0.1, 0.15) is 29.4 Å². The number of benzene rings is 2. The van der Waals surface area contributed by atoms with E-state index >= 15 is 4.39 Å². The minimum absolute atomic E-state index is 0.0926. The molecule has 0 unspecified atom stereocenters. The SMILES string of the molecule is COc1ccc(S(=O)(=O)Cc2cccc(-c3cn(C4CCN(C5CC5)CC4)c4ncnc(N)c34)c2F)cc1C. The van der Waals surface area contributed by atoms with Gasteiger partial charge in [0.25, 0.3) is 0 Å². The minimum Gasteiger partial charge on any atom is -0.496 e. The first-order valence-corrected chi connectivity index (χ1v) is 14.9. The van der Waals surface area contributed by atoms with E-state index in [2.05, 4.69) is 19.4 Å². The number of hydrogen-bond donors (Lipinski definition) is 1. The highest BCUT2D eigenvalue weighted by Gasteiger charge is 2.33. The molecule has 1 aliphatic carbocycles. The largest absolute Gasteiger partial charge is 0.496 e. The smallest absolute Gasteiger partial charge is 0.182 e. The third kappa shape index (κ3) is 4.76. The van der Waals surface area contributed by atoms with Crippen LogP contribution in [0.15, 0.2) is 53.8 Å². The number of nitrogens with two attached hydrogens (primary N) is 1. The maximum Gasteiger partial charge on any atom is 0.182 e. The number of hydrogen-bond acceptors (Lipinski definition) is 7. The van der Waals surface area contributed by atoms with E-state index < -0.39 is 21.4 Å². The molecular weight excluding hydrogens is 517 g/mol. The van der Waals surface area contributed by atoms with Crippen molar-refractivity contribution < 1.29 is 17.5 Å². The van der Waals surface area contributed by atoms with Gasteiger partial charge < -0.3 is 19.9 Å². The summed E-state index contributed by atoms with van der Waals surface area (Å²) in [4.78, 5) is 11.4. The van der Waals surface area contributed by atoms with Crippen LogP contribution < -0.4 is 10.5 Å². The molecule has 1 saturated carbocycles. The Hall–Kier alpha value is -3.50. The summed E-state index contributed by atoms with van der Waals surface area (Å²) in [7, 11) is -2.28. The molecule has 0 atom stereocenters. The number of aromatic nitrogens is 3. The van der Waals surface area contributed by atoms with Crippen LogP contribution >= 0.6 is 0 Å². The van der Waals surface area contributed by atoms with E-state index in [1.54, 1.807) is 31.2 Å². The van der Waals surface area contributed by atoms with Crippen molar-refractivity contribution in [3.8, 4) is 16.9 Å². The van der Waals surface area contributed by atoms with Gasteiger partial charge in [-0.25, -0.2) is 22.8 Å². The molecule has 1 aliphatic heterocycles. The lowest BCUT2D eigenvalue weighted by Gasteiger charge is -2.32. The first-order chi connectivity index (χ1) is 18.8. The van der Waals surface area contributed by atoms with Gasteiger partial charge in [0.05, 0.1) is 23.1 Å². The van der Waals surface area contributed by atoms with Crippen molar-refractivity contribution in [1.82, 2.24) is 19.4 Å². The summed E-state index contributed by atoms with van der Waals surface area (Å²) in [6, 6.07) is 10.5. The molecule has 2 aliphatic rings. The van der Waals surface area contributed by atoms with Crippen molar-refractivity contribution in [2.45, 2.75) is 55.3 Å². The molecule has 2 aromatic heterocycles. The lowest BCUT2D eigenvalue weighted by atomic mass is 10.0. The van der Waals surface area contributed by atoms with Crippen molar-refractivity contribution in [3.05, 3.63) is 65.9 Å². The van der Waals surface area contributed by atoms with E-state index in [0.29, 0.717) is 27.9 Å². The molecule has 0 amide bonds. The lowest BCUT2D eigenvalue weighted by Crippen LogP contribution is -2.36. The summed E-state index contributed by atoms with van der Waals surface area (Å²) in [5.41, 5.74) is 8.63. The second-order valence-electron chi connectivity index (χ2n) is 10.6. The Bertz CT molecular complexity index is 1660. The van der Waals surface area contributed by atoms with E-state index in [1.807, 2.05) is 6.20 Å². The number of nitrogens with zero attached hydrogens (tertiary/aromatic N) is 4. The van der Waals surface area contributed by atoms with Crippen molar-refractivity contribution in [2.75, 3.05) is 25.9 Å². The van der Waals surface area contributed by atoms with Crippen LogP contribution in [0.3, 0.4) is 0 Å². The second-order valence-corrected chi connectivity index (χ2v) is 12.6. The highest BCUT2D eigenvalue weighted by atomic mass is 32.2. The average Bonchev–Trinajstić information content (AvgIpc) is 3.70. The summed E-state index contributed by atoms with van der Waals surface area (Å²) >= 11 is 0. The summed E-state index contributed by atoms with van der Waals surface area (Å²) in [5, 5.41) is 0.590. The number of anilines is 1. The van der Waals surface area contributed by atoms with Gasteiger partial charge in [-0.15, -0.1) is 0 Å². The maximum absolute atomic E-state index is 16.1. The first kappa shape index (κ1) is 25.8. The summed E-state index contributed by atoms with van der Waals surface area (Å²) in [6.07, 6.45) is 7.88. The van der Waals surface area contributed by atoms with Gasteiger partial charge in [-0.3, -0.25) is 0 Å². The van der Waals surface area contributed by atoms with Gasteiger partial charge in [0.2, 0.25) is 0 Å². The van der Waals surface area contributed by atoms with Crippen LogP contribution in [0.5, 0.6) is 5.75 Å². The summed E-state index contributed by atoms with van der Waals surface area (Å²) in [5.74, 6) is -0.188. The number of sulfone groups is 1. The first-order valence-electron chi connectivity index (χ1n) is 13.3. The zero-order valence-corrected chi connectivity index (χ0v) is 22.9. The van der Waals surface area contributed by atoms with Gasteiger partial charge >= 0.3 is 0 Å². The molecule has 0 radical (unpaired) electrons. The quantitative estimate of drug-likeness (QED) is 0.349. The number of likely N-dealkylation sites (tertiary alicyclic amines) is 1. The van der Waals surface area contributed by atoms with Crippen molar-refractivity contribution >= 4 is 26.7 Å².